The number of amides is 1. The summed E-state index contributed by atoms with van der Waals surface area (Å²) in [5.41, 5.74) is 0. The van der Waals surface area contributed by atoms with Crippen LogP contribution < -0.4 is 10.2 Å². The van der Waals surface area contributed by atoms with Crippen molar-refractivity contribution in [1.29, 1.82) is 0 Å². The third-order valence-corrected chi connectivity index (χ3v) is 12.6. The van der Waals surface area contributed by atoms with Crippen LogP contribution in [0, 0.1) is 0 Å². The number of phosphoric acid groups is 1. The fourth-order valence-corrected chi connectivity index (χ4v) is 8.28. The van der Waals surface area contributed by atoms with Gasteiger partial charge in [-0.05, 0) is 44.9 Å². The first kappa shape index (κ1) is 59.0. The number of quaternary nitrogens is 1. The molecule has 3 unspecified atom stereocenters. The second kappa shape index (κ2) is 43.2. The van der Waals surface area contributed by atoms with Crippen LogP contribution in [0.4, 0.5) is 0 Å². The van der Waals surface area contributed by atoms with Gasteiger partial charge in [-0.3, -0.25) is 9.36 Å². The quantitative estimate of drug-likeness (QED) is 0.0273. The first-order valence-corrected chi connectivity index (χ1v) is 27.2. The Hall–Kier alpha value is -1.02. The van der Waals surface area contributed by atoms with Crippen molar-refractivity contribution in [1.82, 2.24) is 5.32 Å². The van der Waals surface area contributed by atoms with Crippen LogP contribution >= 0.6 is 7.82 Å². The highest BCUT2D eigenvalue weighted by Crippen LogP contribution is 2.38. The maximum absolute atomic E-state index is 12.8. The van der Waals surface area contributed by atoms with Crippen molar-refractivity contribution >= 4 is 13.7 Å². The highest BCUT2D eigenvalue weighted by Gasteiger charge is 2.23. The zero-order valence-electron chi connectivity index (χ0n) is 40.4. The van der Waals surface area contributed by atoms with Crippen LogP contribution in [0.25, 0.3) is 0 Å². The molecule has 0 heterocycles. The lowest BCUT2D eigenvalue weighted by molar-refractivity contribution is -0.870. The molecular formula is C51H101N2O6P. The number of rotatable bonds is 47. The third kappa shape index (κ3) is 45.0. The molecule has 0 aliphatic carbocycles. The van der Waals surface area contributed by atoms with Crippen LogP contribution in [0.3, 0.4) is 0 Å². The van der Waals surface area contributed by atoms with E-state index in [2.05, 4.69) is 31.3 Å². The predicted octanol–water partition coefficient (Wildman–Crippen LogP) is 14.2. The summed E-state index contributed by atoms with van der Waals surface area (Å²) in [6.45, 7) is 4.60. The number of aliphatic hydroxyl groups is 1. The minimum atomic E-state index is -4.58. The zero-order chi connectivity index (χ0) is 44.3. The molecule has 0 saturated heterocycles. The van der Waals surface area contributed by atoms with Crippen molar-refractivity contribution < 1.29 is 32.9 Å². The number of carbonyl (C=O) groups excluding carboxylic acids is 1. The Kier molecular flexibility index (Phi) is 42.5. The van der Waals surface area contributed by atoms with Gasteiger partial charge >= 0.3 is 0 Å². The van der Waals surface area contributed by atoms with E-state index in [9.17, 15) is 19.4 Å². The van der Waals surface area contributed by atoms with E-state index in [1.807, 2.05) is 27.2 Å². The number of hydrogen-bond acceptors (Lipinski definition) is 6. The molecule has 1 amide bonds. The summed E-state index contributed by atoms with van der Waals surface area (Å²) in [6.07, 6.45) is 52.9. The van der Waals surface area contributed by atoms with Crippen molar-refractivity contribution in [3.63, 3.8) is 0 Å². The largest absolute Gasteiger partial charge is 0.756 e. The van der Waals surface area contributed by atoms with E-state index in [4.69, 9.17) is 9.05 Å². The van der Waals surface area contributed by atoms with Crippen molar-refractivity contribution in [3.8, 4) is 0 Å². The normalized spacial score (nSPS) is 14.3. The van der Waals surface area contributed by atoms with Crippen molar-refractivity contribution in [2.75, 3.05) is 40.9 Å². The fourth-order valence-electron chi connectivity index (χ4n) is 7.56. The standard InChI is InChI=1S/C51H101N2O6P/c1-6-8-10-12-14-15-16-17-18-19-20-21-22-23-24-25-26-27-28-29-30-31-32-33-34-35-36-37-39-41-43-45-51(55)52-49(50(54)44-42-40-38-13-11-9-7-2)48-59-60(56,57)58-47-46-53(3,4)5/h19-20,42,44,49-50,54H,6-18,21-41,43,45-48H2,1-5H3,(H-,52,55,56,57)/b20-19-,44-42+. The van der Waals surface area contributed by atoms with E-state index in [1.54, 1.807) is 6.08 Å². The number of unbranched alkanes of at least 4 members (excludes halogenated alkanes) is 32. The lowest BCUT2D eigenvalue weighted by atomic mass is 10.0. The number of hydrogen-bond donors (Lipinski definition) is 2. The molecule has 0 fully saturated rings. The molecule has 3 atom stereocenters. The predicted molar refractivity (Wildman–Crippen MR) is 256 cm³/mol. The minimum Gasteiger partial charge on any atom is -0.756 e. The summed E-state index contributed by atoms with van der Waals surface area (Å²) < 4.78 is 23.1. The van der Waals surface area contributed by atoms with Crippen molar-refractivity contribution in [2.24, 2.45) is 0 Å². The summed E-state index contributed by atoms with van der Waals surface area (Å²) in [4.78, 5) is 25.2. The van der Waals surface area contributed by atoms with Gasteiger partial charge in [0.15, 0.2) is 0 Å². The molecule has 0 bridgehead atoms. The monoisotopic (exact) mass is 869 g/mol. The van der Waals surface area contributed by atoms with E-state index in [0.29, 0.717) is 17.4 Å². The summed E-state index contributed by atoms with van der Waals surface area (Å²) in [5.74, 6) is -0.198. The van der Waals surface area contributed by atoms with Gasteiger partial charge in [0, 0.05) is 6.42 Å². The molecule has 0 aromatic heterocycles. The smallest absolute Gasteiger partial charge is 0.268 e. The van der Waals surface area contributed by atoms with Crippen molar-refractivity contribution in [3.05, 3.63) is 24.3 Å². The van der Waals surface area contributed by atoms with E-state index in [-0.39, 0.29) is 19.1 Å². The summed E-state index contributed by atoms with van der Waals surface area (Å²) in [7, 11) is 1.27. The maximum Gasteiger partial charge on any atom is 0.268 e. The number of carbonyl (C=O) groups is 1. The SMILES string of the molecule is CCCCCCC/C=C/C(O)C(COP(=O)([O-])OCC[N+](C)(C)C)NC(=O)CCCCCCCCCCCCCCCCCCCCC/C=C\CCCCCCCCCC. The lowest BCUT2D eigenvalue weighted by Crippen LogP contribution is -2.45. The van der Waals surface area contributed by atoms with Crippen LogP contribution in [0.1, 0.15) is 245 Å². The molecular weight excluding hydrogens is 768 g/mol. The third-order valence-electron chi connectivity index (χ3n) is 11.7. The Labute approximate surface area is 373 Å². The number of aliphatic hydroxyl groups excluding tert-OH is 1. The Balaban J connectivity index is 3.88. The number of phosphoric ester groups is 1. The van der Waals surface area contributed by atoms with Gasteiger partial charge in [0.25, 0.3) is 7.82 Å². The second-order valence-corrected chi connectivity index (χ2v) is 20.3. The first-order chi connectivity index (χ1) is 29.0. The molecule has 0 aliphatic heterocycles. The Morgan fingerprint density at radius 1 is 0.567 bits per heavy atom. The Morgan fingerprint density at radius 2 is 0.917 bits per heavy atom. The Morgan fingerprint density at radius 3 is 1.30 bits per heavy atom. The van der Waals surface area contributed by atoms with Gasteiger partial charge in [-0.2, -0.15) is 0 Å². The molecule has 0 rings (SSSR count). The molecule has 0 saturated carbocycles. The number of nitrogens with zero attached hydrogens (tertiary/aromatic N) is 1. The molecule has 2 N–H and O–H groups in total. The van der Waals surface area contributed by atoms with Gasteiger partial charge in [0.2, 0.25) is 5.91 Å². The fraction of sp³-hybridized carbons (Fsp3) is 0.902. The highest BCUT2D eigenvalue weighted by molar-refractivity contribution is 7.45. The van der Waals surface area contributed by atoms with Gasteiger partial charge in [0.1, 0.15) is 13.2 Å². The molecule has 0 aromatic rings. The maximum atomic E-state index is 12.8. The number of likely N-dealkylation sites (N-methyl/N-ethyl adjacent to an activating group) is 1. The van der Waals surface area contributed by atoms with E-state index >= 15 is 0 Å². The van der Waals surface area contributed by atoms with Crippen LogP contribution in [-0.2, 0) is 18.4 Å². The first-order valence-electron chi connectivity index (χ1n) is 25.7. The molecule has 0 aliphatic rings. The minimum absolute atomic E-state index is 0.000404. The van der Waals surface area contributed by atoms with Gasteiger partial charge in [-0.1, -0.05) is 218 Å². The van der Waals surface area contributed by atoms with Crippen LogP contribution in [0.5, 0.6) is 0 Å². The van der Waals surface area contributed by atoms with E-state index < -0.39 is 20.0 Å². The summed E-state index contributed by atoms with van der Waals surface area (Å²) in [6, 6.07) is -0.880. The molecule has 0 spiro atoms. The number of nitrogens with one attached hydrogen (secondary N) is 1. The highest BCUT2D eigenvalue weighted by atomic mass is 31.2. The van der Waals surface area contributed by atoms with Gasteiger partial charge in [-0.15, -0.1) is 0 Å². The summed E-state index contributed by atoms with van der Waals surface area (Å²) >= 11 is 0. The zero-order valence-corrected chi connectivity index (χ0v) is 41.3. The summed E-state index contributed by atoms with van der Waals surface area (Å²) in [5, 5.41) is 13.7. The van der Waals surface area contributed by atoms with Crippen LogP contribution in [0.2, 0.25) is 0 Å². The van der Waals surface area contributed by atoms with Gasteiger partial charge in [-0.25, -0.2) is 0 Å². The molecule has 8 nitrogen and oxygen atoms in total. The van der Waals surface area contributed by atoms with Crippen LogP contribution in [0.15, 0.2) is 24.3 Å². The van der Waals surface area contributed by atoms with E-state index in [1.165, 1.54) is 186 Å². The van der Waals surface area contributed by atoms with Crippen LogP contribution in [-0.4, -0.2) is 68.5 Å². The van der Waals surface area contributed by atoms with Crippen molar-refractivity contribution in [2.45, 2.75) is 257 Å². The lowest BCUT2D eigenvalue weighted by Gasteiger charge is -2.29. The second-order valence-electron chi connectivity index (χ2n) is 18.9. The van der Waals surface area contributed by atoms with Gasteiger partial charge in [0.05, 0.1) is 39.9 Å². The number of allylic oxidation sites excluding steroid dienone is 3. The molecule has 60 heavy (non-hydrogen) atoms. The van der Waals surface area contributed by atoms with Gasteiger partial charge < -0.3 is 28.8 Å². The molecule has 356 valence electrons. The average Bonchev–Trinajstić information content (AvgIpc) is 3.20. The topological polar surface area (TPSA) is 108 Å². The van der Waals surface area contributed by atoms with E-state index in [0.717, 1.165) is 38.5 Å². The molecule has 0 aromatic carbocycles. The molecule has 9 heteroatoms. The Bertz CT molecular complexity index is 1030. The average molecular weight is 869 g/mol. The molecule has 0 radical (unpaired) electrons.